The van der Waals surface area contributed by atoms with Crippen molar-refractivity contribution in [2.45, 2.75) is 20.0 Å². The number of aromatic nitrogens is 1. The van der Waals surface area contributed by atoms with Crippen LogP contribution in [0.2, 0.25) is 0 Å². The number of pyridine rings is 1. The lowest BCUT2D eigenvalue weighted by molar-refractivity contribution is -0.131. The van der Waals surface area contributed by atoms with Crippen molar-refractivity contribution in [3.63, 3.8) is 0 Å². The predicted molar refractivity (Wildman–Crippen MR) is 85.0 cm³/mol. The van der Waals surface area contributed by atoms with Gasteiger partial charge in [0.25, 0.3) is 0 Å². The van der Waals surface area contributed by atoms with E-state index in [1.54, 1.807) is 17.4 Å². The summed E-state index contributed by atoms with van der Waals surface area (Å²) in [6.07, 6.45) is 4.60. The third-order valence-electron chi connectivity index (χ3n) is 3.03. The lowest BCUT2D eigenvalue weighted by Crippen LogP contribution is -2.22. The summed E-state index contributed by atoms with van der Waals surface area (Å²) in [6, 6.07) is 7.97. The standard InChI is InChI=1S/C16H18N2O2S/c1-2-18(10-14-5-3-4-8-17-14)11-15-9-13(12-21-15)6-7-16(19)20/h3-9,12H,2,10-11H2,1H3,(H,19,20)/b7-6+. The van der Waals surface area contributed by atoms with E-state index >= 15 is 0 Å². The number of thiophene rings is 1. The first-order valence-corrected chi connectivity index (χ1v) is 7.66. The Hall–Kier alpha value is -1.98. The number of carbonyl (C=O) groups is 1. The Bertz CT molecular complexity index is 608. The maximum Gasteiger partial charge on any atom is 0.328 e. The third kappa shape index (κ3) is 5.13. The molecule has 0 spiro atoms. The van der Waals surface area contributed by atoms with Crippen molar-refractivity contribution < 1.29 is 9.90 Å². The quantitative estimate of drug-likeness (QED) is 0.798. The minimum atomic E-state index is -0.923. The first-order chi connectivity index (χ1) is 10.2. The van der Waals surface area contributed by atoms with Crippen LogP contribution in [0, 0.1) is 0 Å². The molecule has 0 saturated heterocycles. The first kappa shape index (κ1) is 15.4. The zero-order valence-corrected chi connectivity index (χ0v) is 12.7. The summed E-state index contributed by atoms with van der Waals surface area (Å²) in [4.78, 5) is 18.4. The number of nitrogens with zero attached hydrogens (tertiary/aromatic N) is 2. The molecule has 21 heavy (non-hydrogen) atoms. The summed E-state index contributed by atoms with van der Waals surface area (Å²) in [5.74, 6) is -0.923. The van der Waals surface area contributed by atoms with Gasteiger partial charge in [-0.05, 0) is 41.8 Å². The van der Waals surface area contributed by atoms with Gasteiger partial charge in [-0.15, -0.1) is 11.3 Å². The molecule has 5 heteroatoms. The highest BCUT2D eigenvalue weighted by atomic mass is 32.1. The van der Waals surface area contributed by atoms with Crippen LogP contribution in [0.25, 0.3) is 6.08 Å². The molecule has 0 fully saturated rings. The van der Waals surface area contributed by atoms with Crippen molar-refractivity contribution in [1.29, 1.82) is 0 Å². The van der Waals surface area contributed by atoms with E-state index in [-0.39, 0.29) is 0 Å². The monoisotopic (exact) mass is 302 g/mol. The van der Waals surface area contributed by atoms with E-state index in [2.05, 4.69) is 16.8 Å². The highest BCUT2D eigenvalue weighted by molar-refractivity contribution is 7.10. The second-order valence-corrected chi connectivity index (χ2v) is 5.64. The SMILES string of the molecule is CCN(Cc1ccccn1)Cc1cc(/C=C/C(=O)O)cs1. The Balaban J connectivity index is 1.97. The van der Waals surface area contributed by atoms with Crippen LogP contribution in [-0.4, -0.2) is 27.5 Å². The smallest absolute Gasteiger partial charge is 0.328 e. The van der Waals surface area contributed by atoms with E-state index in [4.69, 9.17) is 5.11 Å². The van der Waals surface area contributed by atoms with Crippen LogP contribution in [0.1, 0.15) is 23.1 Å². The van der Waals surface area contributed by atoms with Crippen molar-refractivity contribution in [2.24, 2.45) is 0 Å². The number of carboxylic acid groups (broad SMARTS) is 1. The van der Waals surface area contributed by atoms with E-state index in [1.807, 2.05) is 35.8 Å². The molecule has 0 aromatic carbocycles. The van der Waals surface area contributed by atoms with Crippen molar-refractivity contribution in [3.05, 3.63) is 58.1 Å². The molecule has 0 unspecified atom stereocenters. The largest absolute Gasteiger partial charge is 0.478 e. The fourth-order valence-electron chi connectivity index (χ4n) is 1.96. The van der Waals surface area contributed by atoms with Gasteiger partial charge in [0, 0.05) is 30.2 Å². The number of aliphatic carboxylic acids is 1. The first-order valence-electron chi connectivity index (χ1n) is 6.78. The molecule has 2 aromatic rings. The molecule has 1 N–H and O–H groups in total. The Labute approximate surface area is 128 Å². The van der Waals surface area contributed by atoms with E-state index < -0.39 is 5.97 Å². The Morgan fingerprint density at radius 2 is 2.29 bits per heavy atom. The summed E-state index contributed by atoms with van der Waals surface area (Å²) in [5.41, 5.74) is 1.99. The molecule has 0 radical (unpaired) electrons. The van der Waals surface area contributed by atoms with Crippen LogP contribution in [0.4, 0.5) is 0 Å². The summed E-state index contributed by atoms with van der Waals surface area (Å²) >= 11 is 1.65. The zero-order valence-electron chi connectivity index (χ0n) is 11.9. The van der Waals surface area contributed by atoms with Gasteiger partial charge in [-0.3, -0.25) is 9.88 Å². The summed E-state index contributed by atoms with van der Waals surface area (Å²) in [5, 5.41) is 10.6. The highest BCUT2D eigenvalue weighted by Gasteiger charge is 2.07. The number of hydrogen-bond acceptors (Lipinski definition) is 4. The topological polar surface area (TPSA) is 53.4 Å². The molecule has 0 aliphatic carbocycles. The molecule has 0 aliphatic rings. The number of hydrogen-bond donors (Lipinski definition) is 1. The maximum absolute atomic E-state index is 10.5. The highest BCUT2D eigenvalue weighted by Crippen LogP contribution is 2.18. The van der Waals surface area contributed by atoms with Crippen molar-refractivity contribution in [1.82, 2.24) is 9.88 Å². The Morgan fingerprint density at radius 3 is 2.95 bits per heavy atom. The van der Waals surface area contributed by atoms with Crippen LogP contribution in [0.5, 0.6) is 0 Å². The van der Waals surface area contributed by atoms with Gasteiger partial charge in [0.15, 0.2) is 0 Å². The molecule has 0 atom stereocenters. The van der Waals surface area contributed by atoms with E-state index in [0.29, 0.717) is 0 Å². The summed E-state index contributed by atoms with van der Waals surface area (Å²) < 4.78 is 0. The molecule has 0 saturated carbocycles. The minimum absolute atomic E-state index is 0.815. The van der Waals surface area contributed by atoms with E-state index in [0.717, 1.165) is 37.0 Å². The van der Waals surface area contributed by atoms with Gasteiger partial charge in [-0.25, -0.2) is 4.79 Å². The van der Waals surface area contributed by atoms with Crippen molar-refractivity contribution in [2.75, 3.05) is 6.54 Å². The average molecular weight is 302 g/mol. The van der Waals surface area contributed by atoms with Crippen molar-refractivity contribution >= 4 is 23.4 Å². The van der Waals surface area contributed by atoms with Gasteiger partial charge >= 0.3 is 5.97 Å². The molecule has 0 amide bonds. The molecule has 2 heterocycles. The van der Waals surface area contributed by atoms with Crippen LogP contribution in [-0.2, 0) is 17.9 Å². The number of carboxylic acids is 1. The molecule has 0 bridgehead atoms. The average Bonchev–Trinajstić information content (AvgIpc) is 2.93. The second-order valence-electron chi connectivity index (χ2n) is 4.64. The summed E-state index contributed by atoms with van der Waals surface area (Å²) in [6.45, 7) is 4.73. The van der Waals surface area contributed by atoms with Crippen LogP contribution >= 0.6 is 11.3 Å². The van der Waals surface area contributed by atoms with Gasteiger partial charge < -0.3 is 5.11 Å². The molecule has 2 aromatic heterocycles. The molecule has 2 rings (SSSR count). The lowest BCUT2D eigenvalue weighted by Gasteiger charge is -2.18. The van der Waals surface area contributed by atoms with E-state index in [1.165, 1.54) is 4.88 Å². The van der Waals surface area contributed by atoms with Gasteiger partial charge in [-0.1, -0.05) is 13.0 Å². The Kier molecular flexibility index (Phi) is 5.66. The van der Waals surface area contributed by atoms with Crippen LogP contribution < -0.4 is 0 Å². The molecule has 0 aliphatic heterocycles. The Morgan fingerprint density at radius 1 is 1.43 bits per heavy atom. The fourth-order valence-corrected chi connectivity index (χ4v) is 2.85. The lowest BCUT2D eigenvalue weighted by atomic mass is 10.2. The maximum atomic E-state index is 10.5. The fraction of sp³-hybridized carbons (Fsp3) is 0.250. The third-order valence-corrected chi connectivity index (χ3v) is 3.97. The van der Waals surface area contributed by atoms with Crippen LogP contribution in [0.3, 0.4) is 0 Å². The van der Waals surface area contributed by atoms with Gasteiger partial charge in [0.1, 0.15) is 0 Å². The molecule has 110 valence electrons. The predicted octanol–water partition coefficient (Wildman–Crippen LogP) is 3.26. The minimum Gasteiger partial charge on any atom is -0.478 e. The molecular formula is C16H18N2O2S. The van der Waals surface area contributed by atoms with Gasteiger partial charge in [0.2, 0.25) is 0 Å². The second kappa shape index (κ2) is 7.71. The summed E-state index contributed by atoms with van der Waals surface area (Å²) in [7, 11) is 0. The van der Waals surface area contributed by atoms with Gasteiger partial charge in [0.05, 0.1) is 5.69 Å². The number of rotatable bonds is 7. The van der Waals surface area contributed by atoms with E-state index in [9.17, 15) is 4.79 Å². The van der Waals surface area contributed by atoms with Gasteiger partial charge in [-0.2, -0.15) is 0 Å². The molecular weight excluding hydrogens is 284 g/mol. The van der Waals surface area contributed by atoms with Crippen LogP contribution in [0.15, 0.2) is 41.9 Å². The normalized spacial score (nSPS) is 11.3. The molecule has 4 nitrogen and oxygen atoms in total. The van der Waals surface area contributed by atoms with Crippen molar-refractivity contribution in [3.8, 4) is 0 Å². The zero-order chi connectivity index (χ0) is 15.1.